The van der Waals surface area contributed by atoms with E-state index in [1.54, 1.807) is 0 Å². The van der Waals surface area contributed by atoms with E-state index < -0.39 is 0 Å². The zero-order valence-electron chi connectivity index (χ0n) is 12.0. The minimum Gasteiger partial charge on any atom is -0.333 e. The second-order valence-corrected chi connectivity index (χ2v) is 5.26. The molecule has 0 aromatic carbocycles. The van der Waals surface area contributed by atoms with E-state index in [0.29, 0.717) is 5.92 Å². The van der Waals surface area contributed by atoms with Crippen LogP contribution in [-0.4, -0.2) is 25.9 Å². The predicted molar refractivity (Wildman–Crippen MR) is 75.7 cm³/mol. The molecular weight excluding hydrogens is 238 g/mol. The molecule has 2 aromatic rings. The maximum Gasteiger partial charge on any atom is 0.122 e. The van der Waals surface area contributed by atoms with Crippen LogP contribution in [0.1, 0.15) is 25.4 Å². The summed E-state index contributed by atoms with van der Waals surface area (Å²) in [4.78, 5) is 4.41. The number of imidazole rings is 1. The summed E-state index contributed by atoms with van der Waals surface area (Å²) in [7, 11) is 1.98. The van der Waals surface area contributed by atoms with Gasteiger partial charge in [-0.1, -0.05) is 13.8 Å². The van der Waals surface area contributed by atoms with Crippen LogP contribution in [0.2, 0.25) is 0 Å². The van der Waals surface area contributed by atoms with E-state index >= 15 is 0 Å². The minimum absolute atomic E-state index is 0.665. The largest absolute Gasteiger partial charge is 0.333 e. The van der Waals surface area contributed by atoms with E-state index in [2.05, 4.69) is 39.9 Å². The summed E-state index contributed by atoms with van der Waals surface area (Å²) < 4.78 is 4.13. The first-order valence-electron chi connectivity index (χ1n) is 6.84. The summed E-state index contributed by atoms with van der Waals surface area (Å²) in [6.45, 7) is 7.22. The van der Waals surface area contributed by atoms with Crippen molar-refractivity contribution < 1.29 is 0 Å². The van der Waals surface area contributed by atoms with E-state index in [1.165, 1.54) is 5.69 Å². The van der Waals surface area contributed by atoms with Crippen molar-refractivity contribution in [1.82, 2.24) is 24.6 Å². The van der Waals surface area contributed by atoms with Crippen LogP contribution < -0.4 is 5.32 Å². The maximum atomic E-state index is 4.41. The number of hydrogen-bond donors (Lipinski definition) is 1. The molecule has 1 N–H and O–H groups in total. The first-order valence-corrected chi connectivity index (χ1v) is 6.84. The number of hydrogen-bond acceptors (Lipinski definition) is 3. The quantitative estimate of drug-likeness (QED) is 0.823. The van der Waals surface area contributed by atoms with Crippen molar-refractivity contribution >= 4 is 0 Å². The fourth-order valence-electron chi connectivity index (χ4n) is 2.07. The van der Waals surface area contributed by atoms with Crippen molar-refractivity contribution in [2.75, 3.05) is 6.54 Å². The molecule has 0 atom stereocenters. The topological polar surface area (TPSA) is 47.7 Å². The molecule has 0 bridgehead atoms. The number of nitrogens with zero attached hydrogens (tertiary/aromatic N) is 4. The van der Waals surface area contributed by atoms with Gasteiger partial charge in [-0.25, -0.2) is 4.98 Å². The van der Waals surface area contributed by atoms with Gasteiger partial charge < -0.3 is 9.88 Å². The van der Waals surface area contributed by atoms with Crippen molar-refractivity contribution in [2.45, 2.75) is 33.4 Å². The van der Waals surface area contributed by atoms with E-state index in [-0.39, 0.29) is 0 Å². The molecule has 0 aliphatic carbocycles. The Morgan fingerprint density at radius 3 is 2.84 bits per heavy atom. The van der Waals surface area contributed by atoms with Gasteiger partial charge in [-0.05, 0) is 18.5 Å². The highest BCUT2D eigenvalue weighted by Crippen LogP contribution is 2.03. The van der Waals surface area contributed by atoms with Crippen molar-refractivity contribution in [3.8, 4) is 0 Å². The third-order valence-corrected chi connectivity index (χ3v) is 3.17. The number of nitrogens with one attached hydrogen (secondary N) is 1. The molecule has 0 amide bonds. The van der Waals surface area contributed by atoms with Gasteiger partial charge >= 0.3 is 0 Å². The Balaban J connectivity index is 1.87. The lowest BCUT2D eigenvalue weighted by Gasteiger charge is -2.10. The Morgan fingerprint density at radius 1 is 1.32 bits per heavy atom. The molecule has 2 rings (SSSR count). The third kappa shape index (κ3) is 3.92. The van der Waals surface area contributed by atoms with Gasteiger partial charge in [0.05, 0.1) is 6.54 Å². The molecular formula is C14H23N5. The average molecular weight is 261 g/mol. The lowest BCUT2D eigenvalue weighted by atomic mass is 10.2. The van der Waals surface area contributed by atoms with Crippen LogP contribution >= 0.6 is 0 Å². The van der Waals surface area contributed by atoms with Gasteiger partial charge in [0, 0.05) is 44.3 Å². The summed E-state index contributed by atoms with van der Waals surface area (Å²) in [5.41, 5.74) is 1.25. The van der Waals surface area contributed by atoms with Gasteiger partial charge in [0.1, 0.15) is 5.82 Å². The molecule has 0 spiro atoms. The second kappa shape index (κ2) is 6.52. The Bertz CT molecular complexity index is 497. The van der Waals surface area contributed by atoms with Crippen LogP contribution in [0, 0.1) is 5.92 Å². The van der Waals surface area contributed by atoms with Crippen molar-refractivity contribution in [2.24, 2.45) is 13.0 Å². The average Bonchev–Trinajstić information content (AvgIpc) is 2.95. The molecule has 5 heteroatoms. The summed E-state index contributed by atoms with van der Waals surface area (Å²) in [6.07, 6.45) is 6.73. The zero-order valence-corrected chi connectivity index (χ0v) is 12.0. The summed E-state index contributed by atoms with van der Waals surface area (Å²) in [5, 5.41) is 7.62. The van der Waals surface area contributed by atoms with Gasteiger partial charge in [0.25, 0.3) is 0 Å². The Morgan fingerprint density at radius 2 is 2.16 bits per heavy atom. The highest BCUT2D eigenvalue weighted by molar-refractivity contribution is 5.01. The second-order valence-electron chi connectivity index (χ2n) is 5.26. The smallest absolute Gasteiger partial charge is 0.122 e. The molecule has 0 aliphatic heterocycles. The molecule has 5 nitrogen and oxygen atoms in total. The molecule has 0 radical (unpaired) electrons. The zero-order chi connectivity index (χ0) is 13.7. The first kappa shape index (κ1) is 13.8. The fraction of sp³-hybridized carbons (Fsp3) is 0.571. The predicted octanol–water partition coefficient (Wildman–Crippen LogP) is 1.60. The number of aromatic nitrogens is 4. The summed E-state index contributed by atoms with van der Waals surface area (Å²) >= 11 is 0. The number of rotatable bonds is 7. The van der Waals surface area contributed by atoms with E-state index in [4.69, 9.17) is 0 Å². The van der Waals surface area contributed by atoms with Crippen LogP contribution in [-0.2, 0) is 26.6 Å². The van der Waals surface area contributed by atoms with Gasteiger partial charge in [0.2, 0.25) is 0 Å². The van der Waals surface area contributed by atoms with Gasteiger partial charge in [-0.2, -0.15) is 5.10 Å². The number of aryl methyl sites for hydroxylation is 3. The lowest BCUT2D eigenvalue weighted by Crippen LogP contribution is -2.21. The molecule has 104 valence electrons. The molecule has 19 heavy (non-hydrogen) atoms. The van der Waals surface area contributed by atoms with E-state index in [0.717, 1.165) is 31.9 Å². The summed E-state index contributed by atoms with van der Waals surface area (Å²) in [6, 6.07) is 2.06. The Labute approximate surface area is 114 Å². The molecule has 0 unspecified atom stereocenters. The molecule has 0 saturated carbocycles. The van der Waals surface area contributed by atoms with Crippen LogP contribution in [0.3, 0.4) is 0 Å². The highest BCUT2D eigenvalue weighted by atomic mass is 15.3. The van der Waals surface area contributed by atoms with Crippen molar-refractivity contribution in [3.05, 3.63) is 36.2 Å². The van der Waals surface area contributed by atoms with E-state index in [1.807, 2.05) is 30.3 Å². The molecule has 2 aromatic heterocycles. The molecule has 2 heterocycles. The minimum atomic E-state index is 0.665. The monoisotopic (exact) mass is 261 g/mol. The molecule has 0 aliphatic rings. The summed E-state index contributed by atoms with van der Waals surface area (Å²) in [5.74, 6) is 1.76. The SMILES string of the molecule is CC(C)CNCc1nccn1CCc1ccnn1C. The van der Waals surface area contributed by atoms with Crippen molar-refractivity contribution in [1.29, 1.82) is 0 Å². The van der Waals surface area contributed by atoms with Gasteiger partial charge in [-0.3, -0.25) is 4.68 Å². The third-order valence-electron chi connectivity index (χ3n) is 3.17. The van der Waals surface area contributed by atoms with Gasteiger partial charge in [-0.15, -0.1) is 0 Å². The molecule has 0 saturated heterocycles. The standard InChI is InChI=1S/C14H23N5/c1-12(2)10-15-11-14-16-7-9-19(14)8-5-13-4-6-17-18(13)3/h4,6-7,9,12,15H,5,8,10-11H2,1-3H3. The van der Waals surface area contributed by atoms with E-state index in [9.17, 15) is 0 Å². The normalized spacial score (nSPS) is 11.4. The maximum absolute atomic E-state index is 4.41. The van der Waals surface area contributed by atoms with Crippen LogP contribution in [0.5, 0.6) is 0 Å². The molecule has 0 fully saturated rings. The lowest BCUT2D eigenvalue weighted by molar-refractivity contribution is 0.524. The van der Waals surface area contributed by atoms with Crippen molar-refractivity contribution in [3.63, 3.8) is 0 Å². The van der Waals surface area contributed by atoms with Crippen LogP contribution in [0.15, 0.2) is 24.7 Å². The first-order chi connectivity index (χ1) is 9.16. The van der Waals surface area contributed by atoms with Crippen LogP contribution in [0.25, 0.3) is 0 Å². The Kier molecular flexibility index (Phi) is 4.74. The highest BCUT2D eigenvalue weighted by Gasteiger charge is 2.04. The fourth-order valence-corrected chi connectivity index (χ4v) is 2.07. The Hall–Kier alpha value is -1.62. The van der Waals surface area contributed by atoms with Gasteiger partial charge in [0.15, 0.2) is 0 Å². The van der Waals surface area contributed by atoms with Crippen LogP contribution in [0.4, 0.5) is 0 Å².